The highest BCUT2D eigenvalue weighted by Gasteiger charge is 2.26. The number of nitrogens with zero attached hydrogens (tertiary/aromatic N) is 2. The SMILES string of the molecule is Nc1ccn(C=C2C(=O)NC(=S)NC2=O)c(=O)n1. The van der Waals surface area contributed by atoms with Crippen molar-refractivity contribution in [3.63, 3.8) is 0 Å². The number of nitrogen functional groups attached to an aromatic ring is 1. The fraction of sp³-hybridized carbons (Fsp3) is 0. The maximum atomic E-state index is 11.5. The van der Waals surface area contributed by atoms with Crippen molar-refractivity contribution in [2.45, 2.75) is 0 Å². The first-order valence-electron chi connectivity index (χ1n) is 4.70. The van der Waals surface area contributed by atoms with Crippen LogP contribution in [-0.2, 0) is 9.59 Å². The summed E-state index contributed by atoms with van der Waals surface area (Å²) in [6.45, 7) is 0. The number of carbonyl (C=O) groups excluding carboxylic acids is 2. The van der Waals surface area contributed by atoms with Crippen LogP contribution < -0.4 is 22.1 Å². The summed E-state index contributed by atoms with van der Waals surface area (Å²) in [6.07, 6.45) is 2.35. The molecule has 1 saturated heterocycles. The molecule has 2 rings (SSSR count). The number of anilines is 1. The van der Waals surface area contributed by atoms with Crippen LogP contribution in [0.2, 0.25) is 0 Å². The molecule has 0 aromatic carbocycles. The standard InChI is InChI=1S/C9H7N5O3S/c10-5-1-2-14(9(17)11-5)3-4-6(15)12-8(18)13-7(4)16/h1-3H,(H2,10,11,17)(H2,12,13,15,16,18). The molecule has 18 heavy (non-hydrogen) atoms. The van der Waals surface area contributed by atoms with E-state index in [1.165, 1.54) is 12.3 Å². The fourth-order valence-electron chi connectivity index (χ4n) is 1.26. The summed E-state index contributed by atoms with van der Waals surface area (Å²) in [5.41, 5.74) is 4.36. The summed E-state index contributed by atoms with van der Waals surface area (Å²) in [5, 5.41) is 4.41. The Morgan fingerprint density at radius 3 is 2.44 bits per heavy atom. The molecule has 0 aliphatic carbocycles. The molecule has 2 heterocycles. The van der Waals surface area contributed by atoms with E-state index < -0.39 is 17.5 Å². The van der Waals surface area contributed by atoms with E-state index in [0.29, 0.717) is 0 Å². The molecule has 2 amide bonds. The molecule has 0 bridgehead atoms. The molecule has 1 aliphatic rings. The smallest absolute Gasteiger partial charge is 0.353 e. The zero-order valence-electron chi connectivity index (χ0n) is 8.84. The van der Waals surface area contributed by atoms with Gasteiger partial charge in [0.1, 0.15) is 11.4 Å². The Bertz CT molecular complexity index is 626. The van der Waals surface area contributed by atoms with Gasteiger partial charge in [0.2, 0.25) is 0 Å². The number of carbonyl (C=O) groups is 2. The largest absolute Gasteiger partial charge is 0.383 e. The second-order valence-corrected chi connectivity index (χ2v) is 3.73. The van der Waals surface area contributed by atoms with Crippen LogP contribution in [0.15, 0.2) is 22.6 Å². The number of amides is 2. The predicted octanol–water partition coefficient (Wildman–Crippen LogP) is -1.80. The van der Waals surface area contributed by atoms with Gasteiger partial charge in [-0.15, -0.1) is 0 Å². The average Bonchev–Trinajstić information content (AvgIpc) is 2.25. The van der Waals surface area contributed by atoms with Crippen molar-refractivity contribution in [2.75, 3.05) is 5.73 Å². The number of rotatable bonds is 1. The van der Waals surface area contributed by atoms with Gasteiger partial charge < -0.3 is 5.73 Å². The van der Waals surface area contributed by atoms with E-state index in [2.05, 4.69) is 27.8 Å². The first kappa shape index (κ1) is 11.9. The zero-order valence-corrected chi connectivity index (χ0v) is 9.65. The van der Waals surface area contributed by atoms with Crippen LogP contribution in [0.25, 0.3) is 6.20 Å². The van der Waals surface area contributed by atoms with Gasteiger partial charge in [0, 0.05) is 12.4 Å². The van der Waals surface area contributed by atoms with Crippen LogP contribution in [0, 0.1) is 0 Å². The second-order valence-electron chi connectivity index (χ2n) is 3.32. The summed E-state index contributed by atoms with van der Waals surface area (Å²) < 4.78 is 0.971. The molecule has 1 aromatic heterocycles. The Labute approximate surface area is 105 Å². The minimum Gasteiger partial charge on any atom is -0.383 e. The molecule has 92 valence electrons. The molecular weight excluding hydrogens is 258 g/mol. The van der Waals surface area contributed by atoms with Crippen LogP contribution in [0.1, 0.15) is 0 Å². The van der Waals surface area contributed by atoms with E-state index in [9.17, 15) is 14.4 Å². The van der Waals surface area contributed by atoms with E-state index in [1.54, 1.807) is 0 Å². The van der Waals surface area contributed by atoms with E-state index in [0.717, 1.165) is 10.8 Å². The van der Waals surface area contributed by atoms with Gasteiger partial charge in [-0.1, -0.05) is 0 Å². The zero-order chi connectivity index (χ0) is 13.3. The van der Waals surface area contributed by atoms with Gasteiger partial charge in [-0.3, -0.25) is 24.8 Å². The van der Waals surface area contributed by atoms with Crippen molar-refractivity contribution >= 4 is 41.2 Å². The molecular formula is C9H7N5O3S. The van der Waals surface area contributed by atoms with Gasteiger partial charge in [-0.2, -0.15) is 4.98 Å². The summed E-state index contributed by atoms with van der Waals surface area (Å²) in [7, 11) is 0. The number of nitrogens with two attached hydrogens (primary N) is 1. The van der Waals surface area contributed by atoms with Gasteiger partial charge in [-0.25, -0.2) is 4.79 Å². The van der Waals surface area contributed by atoms with E-state index >= 15 is 0 Å². The lowest BCUT2D eigenvalue weighted by atomic mass is 10.2. The van der Waals surface area contributed by atoms with Crippen molar-refractivity contribution in [3.8, 4) is 0 Å². The Kier molecular flexibility index (Phi) is 2.90. The van der Waals surface area contributed by atoms with Crippen LogP contribution in [-0.4, -0.2) is 26.5 Å². The number of aromatic nitrogens is 2. The average molecular weight is 265 g/mol. The van der Waals surface area contributed by atoms with Gasteiger partial charge in [-0.05, 0) is 18.3 Å². The van der Waals surface area contributed by atoms with Crippen molar-refractivity contribution < 1.29 is 9.59 Å². The summed E-state index contributed by atoms with van der Waals surface area (Å²) in [6, 6.07) is 1.36. The molecule has 1 fully saturated rings. The maximum absolute atomic E-state index is 11.5. The minimum atomic E-state index is -0.698. The highest BCUT2D eigenvalue weighted by Crippen LogP contribution is 2.02. The predicted molar refractivity (Wildman–Crippen MR) is 66.1 cm³/mol. The Balaban J connectivity index is 2.44. The molecule has 0 saturated carbocycles. The van der Waals surface area contributed by atoms with Gasteiger partial charge in [0.05, 0.1) is 0 Å². The summed E-state index contributed by atoms with van der Waals surface area (Å²) in [5.74, 6) is -1.33. The first-order valence-corrected chi connectivity index (χ1v) is 5.11. The second kappa shape index (κ2) is 4.37. The number of nitrogens with one attached hydrogen (secondary N) is 2. The Morgan fingerprint density at radius 1 is 1.28 bits per heavy atom. The number of hydrogen-bond acceptors (Lipinski definition) is 6. The quantitative estimate of drug-likeness (QED) is 0.313. The van der Waals surface area contributed by atoms with Crippen LogP contribution in [0.4, 0.5) is 5.82 Å². The number of thiocarbonyl (C=S) groups is 1. The van der Waals surface area contributed by atoms with Crippen molar-refractivity contribution in [2.24, 2.45) is 0 Å². The molecule has 8 nitrogen and oxygen atoms in total. The molecule has 0 atom stereocenters. The van der Waals surface area contributed by atoms with E-state index in [4.69, 9.17) is 5.73 Å². The summed E-state index contributed by atoms with van der Waals surface area (Å²) in [4.78, 5) is 37.9. The van der Waals surface area contributed by atoms with Crippen molar-refractivity contribution in [1.29, 1.82) is 0 Å². The number of hydrogen-bond donors (Lipinski definition) is 3. The van der Waals surface area contributed by atoms with Crippen molar-refractivity contribution in [3.05, 3.63) is 28.3 Å². The lowest BCUT2D eigenvalue weighted by Crippen LogP contribution is -2.51. The van der Waals surface area contributed by atoms with Gasteiger partial charge >= 0.3 is 5.69 Å². The normalized spacial score (nSPS) is 15.1. The lowest BCUT2D eigenvalue weighted by molar-refractivity contribution is -0.123. The fourth-order valence-corrected chi connectivity index (χ4v) is 1.44. The lowest BCUT2D eigenvalue weighted by Gasteiger charge is -2.16. The molecule has 0 radical (unpaired) electrons. The van der Waals surface area contributed by atoms with Gasteiger partial charge in [0.15, 0.2) is 5.11 Å². The third-order valence-corrected chi connectivity index (χ3v) is 2.27. The maximum Gasteiger partial charge on any atom is 0.353 e. The molecule has 4 N–H and O–H groups in total. The van der Waals surface area contributed by atoms with E-state index in [-0.39, 0.29) is 16.5 Å². The van der Waals surface area contributed by atoms with E-state index in [1.807, 2.05) is 0 Å². The third-order valence-electron chi connectivity index (χ3n) is 2.06. The Hall–Kier alpha value is -2.55. The Morgan fingerprint density at radius 2 is 1.89 bits per heavy atom. The van der Waals surface area contributed by atoms with Crippen LogP contribution in [0.3, 0.4) is 0 Å². The van der Waals surface area contributed by atoms with Crippen LogP contribution in [0.5, 0.6) is 0 Å². The topological polar surface area (TPSA) is 119 Å². The highest BCUT2D eigenvalue weighted by molar-refractivity contribution is 7.80. The van der Waals surface area contributed by atoms with Crippen molar-refractivity contribution in [1.82, 2.24) is 20.2 Å². The van der Waals surface area contributed by atoms with Crippen LogP contribution >= 0.6 is 12.2 Å². The molecule has 9 heteroatoms. The summed E-state index contributed by atoms with van der Waals surface area (Å²) >= 11 is 4.63. The minimum absolute atomic E-state index is 0.0494. The molecule has 0 unspecified atom stereocenters. The third kappa shape index (κ3) is 2.25. The molecule has 0 spiro atoms. The molecule has 1 aromatic rings. The monoisotopic (exact) mass is 265 g/mol. The first-order chi connectivity index (χ1) is 8.47. The van der Waals surface area contributed by atoms with Gasteiger partial charge in [0.25, 0.3) is 11.8 Å². The highest BCUT2D eigenvalue weighted by atomic mass is 32.1. The molecule has 1 aliphatic heterocycles.